The highest BCUT2D eigenvalue weighted by molar-refractivity contribution is 6.40. The van der Waals surface area contributed by atoms with Gasteiger partial charge in [0.25, 0.3) is 0 Å². The molecule has 156 valence electrons. The smallest absolute Gasteiger partial charge is 0.238 e. The fraction of sp³-hybridized carbons (Fsp3) is 0.542. The normalized spacial score (nSPS) is 19.9. The molecule has 29 heavy (non-hydrogen) atoms. The number of hydrazone groups is 1. The van der Waals surface area contributed by atoms with Crippen LogP contribution in [0.2, 0.25) is 0 Å². The van der Waals surface area contributed by atoms with Crippen LogP contribution in [0.25, 0.3) is 0 Å². The molecule has 1 aliphatic carbocycles. The van der Waals surface area contributed by atoms with E-state index in [9.17, 15) is 9.59 Å². The van der Waals surface area contributed by atoms with E-state index in [2.05, 4.69) is 37.0 Å². The number of benzene rings is 1. The van der Waals surface area contributed by atoms with Crippen molar-refractivity contribution in [2.75, 3.05) is 16.9 Å². The Balaban J connectivity index is 1.96. The number of hydrogen-bond acceptors (Lipinski definition) is 4. The summed E-state index contributed by atoms with van der Waals surface area (Å²) < 4.78 is 0. The summed E-state index contributed by atoms with van der Waals surface area (Å²) in [4.78, 5) is 27.5. The van der Waals surface area contributed by atoms with Crippen LogP contribution in [-0.4, -0.2) is 23.9 Å². The first-order valence-corrected chi connectivity index (χ1v) is 11.0. The van der Waals surface area contributed by atoms with E-state index in [1.165, 1.54) is 0 Å². The van der Waals surface area contributed by atoms with E-state index in [1.807, 2.05) is 17.0 Å². The lowest BCUT2D eigenvalue weighted by Crippen LogP contribution is -2.40. The monoisotopic (exact) mass is 395 g/mol. The van der Waals surface area contributed by atoms with Crippen molar-refractivity contribution in [3.63, 3.8) is 0 Å². The molecule has 2 aliphatic rings. The topological polar surface area (TPSA) is 61.8 Å². The van der Waals surface area contributed by atoms with Crippen LogP contribution in [0.1, 0.15) is 77.2 Å². The van der Waals surface area contributed by atoms with Crippen LogP contribution in [0.4, 0.5) is 11.4 Å². The van der Waals surface area contributed by atoms with Crippen molar-refractivity contribution in [3.05, 3.63) is 36.4 Å². The van der Waals surface area contributed by atoms with Crippen molar-refractivity contribution in [2.24, 2.45) is 5.10 Å². The highest BCUT2D eigenvalue weighted by atomic mass is 16.2. The van der Waals surface area contributed by atoms with E-state index in [0.717, 1.165) is 68.3 Å². The van der Waals surface area contributed by atoms with Gasteiger partial charge in [-0.3, -0.25) is 15.0 Å². The first-order chi connectivity index (χ1) is 14.1. The summed E-state index contributed by atoms with van der Waals surface area (Å²) in [5.74, 6) is 0.327. The van der Waals surface area contributed by atoms with Gasteiger partial charge in [-0.2, -0.15) is 5.10 Å². The van der Waals surface area contributed by atoms with Gasteiger partial charge in [0.05, 0.1) is 11.1 Å². The molecule has 1 aromatic rings. The first kappa shape index (κ1) is 21.3. The van der Waals surface area contributed by atoms with Gasteiger partial charge in [0.2, 0.25) is 5.91 Å². The molecule has 1 amide bonds. The van der Waals surface area contributed by atoms with E-state index in [0.29, 0.717) is 18.7 Å². The number of rotatable bonds is 8. The average Bonchev–Trinajstić information content (AvgIpc) is 2.84. The lowest BCUT2D eigenvalue weighted by molar-refractivity contribution is -0.123. The third kappa shape index (κ3) is 4.14. The van der Waals surface area contributed by atoms with Crippen LogP contribution in [0.3, 0.4) is 0 Å². The summed E-state index contributed by atoms with van der Waals surface area (Å²) in [7, 11) is 0. The predicted molar refractivity (Wildman–Crippen MR) is 120 cm³/mol. The fourth-order valence-corrected chi connectivity index (χ4v) is 4.77. The molecule has 1 N–H and O–H groups in total. The lowest BCUT2D eigenvalue weighted by Gasteiger charge is -2.28. The Morgan fingerprint density at radius 1 is 1.14 bits per heavy atom. The molecule has 3 rings (SSSR count). The Hall–Kier alpha value is -2.43. The van der Waals surface area contributed by atoms with Gasteiger partial charge in [-0.05, 0) is 55.9 Å². The molecule has 1 aliphatic heterocycles. The second-order valence-electron chi connectivity index (χ2n) is 8.17. The Morgan fingerprint density at radius 3 is 2.55 bits per heavy atom. The molecular weight excluding hydrogens is 362 g/mol. The highest BCUT2D eigenvalue weighted by Gasteiger charge is 2.49. The van der Waals surface area contributed by atoms with E-state index in [4.69, 9.17) is 0 Å². The van der Waals surface area contributed by atoms with Gasteiger partial charge in [-0.15, -0.1) is 6.58 Å². The number of anilines is 2. The number of nitrogens with zero attached hydrogens (tertiary/aromatic N) is 2. The van der Waals surface area contributed by atoms with Crippen LogP contribution in [0.15, 0.2) is 36.0 Å². The van der Waals surface area contributed by atoms with Crippen molar-refractivity contribution in [1.29, 1.82) is 0 Å². The van der Waals surface area contributed by atoms with Crippen LogP contribution < -0.4 is 10.3 Å². The molecule has 1 fully saturated rings. The summed E-state index contributed by atoms with van der Waals surface area (Å²) in [6.45, 7) is 8.61. The summed E-state index contributed by atoms with van der Waals surface area (Å²) in [5.41, 5.74) is 6.14. The quantitative estimate of drug-likeness (QED) is 0.366. The minimum absolute atomic E-state index is 0.148. The van der Waals surface area contributed by atoms with Crippen molar-refractivity contribution >= 4 is 28.8 Å². The predicted octanol–water partition coefficient (Wildman–Crippen LogP) is 5.36. The number of ketones is 1. The van der Waals surface area contributed by atoms with E-state index >= 15 is 0 Å². The van der Waals surface area contributed by atoms with Crippen LogP contribution in [-0.2, 0) is 15.0 Å². The molecule has 0 unspecified atom stereocenters. The lowest BCUT2D eigenvalue weighted by atomic mass is 9.74. The average molecular weight is 396 g/mol. The van der Waals surface area contributed by atoms with Gasteiger partial charge in [0.15, 0.2) is 5.78 Å². The zero-order valence-corrected chi connectivity index (χ0v) is 17.8. The van der Waals surface area contributed by atoms with Crippen LogP contribution in [0, 0.1) is 0 Å². The van der Waals surface area contributed by atoms with Gasteiger partial charge >= 0.3 is 0 Å². The summed E-state index contributed by atoms with van der Waals surface area (Å²) in [6, 6.07) is 6.01. The SMILES string of the molecule is C=CCN1C(=O)C(CCC)(CCC)c2cc(N/N=C3\CCCCCC3=O)ccc21. The minimum atomic E-state index is -0.481. The number of carbonyl (C=O) groups is 2. The number of nitrogens with one attached hydrogen (secondary N) is 1. The second kappa shape index (κ2) is 9.38. The Labute approximate surface area is 174 Å². The van der Waals surface area contributed by atoms with Gasteiger partial charge in [-0.25, -0.2) is 0 Å². The zero-order valence-electron chi connectivity index (χ0n) is 17.8. The molecule has 0 spiro atoms. The number of Topliss-reactive ketones (excluding diaryl/α,β-unsaturated/α-hetero) is 1. The molecule has 1 saturated carbocycles. The fourth-order valence-electron chi connectivity index (χ4n) is 4.77. The van der Waals surface area contributed by atoms with Gasteiger partial charge < -0.3 is 4.90 Å². The second-order valence-corrected chi connectivity index (χ2v) is 8.17. The van der Waals surface area contributed by atoms with Crippen molar-refractivity contribution in [1.82, 2.24) is 0 Å². The standard InChI is InChI=1S/C24H33N3O2/c1-4-14-24(15-5-2)19-17-18(12-13-21(19)27(16-6-3)23(24)29)25-26-20-10-8-7-9-11-22(20)28/h6,12-13,17,25H,3-5,7-11,14-16H2,1-2H3/b26-20+. The van der Waals surface area contributed by atoms with Gasteiger partial charge in [0.1, 0.15) is 5.71 Å². The number of amides is 1. The van der Waals surface area contributed by atoms with Gasteiger partial charge in [0, 0.05) is 18.7 Å². The van der Waals surface area contributed by atoms with Crippen LogP contribution in [0.5, 0.6) is 0 Å². The minimum Gasteiger partial charge on any atom is -0.308 e. The van der Waals surface area contributed by atoms with Crippen molar-refractivity contribution in [2.45, 2.75) is 77.0 Å². The van der Waals surface area contributed by atoms with Gasteiger partial charge in [-0.1, -0.05) is 39.2 Å². The van der Waals surface area contributed by atoms with Crippen LogP contribution >= 0.6 is 0 Å². The molecule has 5 heteroatoms. The summed E-state index contributed by atoms with van der Waals surface area (Å²) in [5, 5.41) is 4.44. The van der Waals surface area contributed by atoms with E-state index in [1.54, 1.807) is 6.08 Å². The molecule has 1 aromatic carbocycles. The van der Waals surface area contributed by atoms with E-state index < -0.39 is 5.41 Å². The Morgan fingerprint density at radius 2 is 1.86 bits per heavy atom. The molecule has 0 radical (unpaired) electrons. The number of hydrogen-bond donors (Lipinski definition) is 1. The maximum absolute atomic E-state index is 13.4. The molecule has 5 nitrogen and oxygen atoms in total. The van der Waals surface area contributed by atoms with Crippen molar-refractivity contribution in [3.8, 4) is 0 Å². The Kier molecular flexibility index (Phi) is 6.88. The maximum atomic E-state index is 13.4. The third-order valence-electron chi connectivity index (χ3n) is 6.08. The molecule has 0 atom stereocenters. The Bertz CT molecular complexity index is 806. The summed E-state index contributed by atoms with van der Waals surface area (Å²) in [6.07, 6.45) is 9.71. The number of fused-ring (bicyclic) bond motifs is 1. The molecule has 0 aromatic heterocycles. The largest absolute Gasteiger partial charge is 0.308 e. The zero-order chi connectivity index (χ0) is 20.9. The first-order valence-electron chi connectivity index (χ1n) is 11.0. The molecular formula is C24H33N3O2. The third-order valence-corrected chi connectivity index (χ3v) is 6.08. The highest BCUT2D eigenvalue weighted by Crippen LogP contribution is 2.48. The summed E-state index contributed by atoms with van der Waals surface area (Å²) >= 11 is 0. The van der Waals surface area contributed by atoms with E-state index in [-0.39, 0.29) is 11.7 Å². The van der Waals surface area contributed by atoms with Crippen molar-refractivity contribution < 1.29 is 9.59 Å². The molecule has 0 saturated heterocycles. The molecule has 0 bridgehead atoms. The number of carbonyl (C=O) groups excluding carboxylic acids is 2. The maximum Gasteiger partial charge on any atom is 0.238 e. The molecule has 1 heterocycles.